The fraction of sp³-hybridized carbons (Fsp3) is 0. The highest BCUT2D eigenvalue weighted by molar-refractivity contribution is 4.36. The first-order valence-electron chi connectivity index (χ1n) is 0.624. The molecular formula is HN5. The Kier molecular flexibility index (Phi) is 208. The van der Waals surface area contributed by atoms with Gasteiger partial charge in [0, 0.05) is 0 Å². The van der Waals surface area contributed by atoms with E-state index >= 15 is 0 Å². The Morgan fingerprint density at radius 3 is 1.40 bits per heavy atom. The number of hydrogen-bond acceptors (Lipinski definition) is 1. The van der Waals surface area contributed by atoms with Crippen LogP contribution in [-0.2, 0) is 0 Å². The summed E-state index contributed by atoms with van der Waals surface area (Å²) in [6.45, 7) is 0. The molecule has 0 saturated heterocycles. The Hall–Kier alpha value is -1.27. The molecule has 0 bridgehead atoms. The van der Waals surface area contributed by atoms with Gasteiger partial charge in [-0.25, -0.2) is 0 Å². The molecule has 26 valence electrons. The van der Waals surface area contributed by atoms with Gasteiger partial charge in [0.25, 0.3) is 0 Å². The van der Waals surface area contributed by atoms with E-state index in [1.807, 2.05) is 0 Å². The second-order valence-electron chi connectivity index (χ2n) is 0.0894. The van der Waals surface area contributed by atoms with Crippen molar-refractivity contribution < 1.29 is 5.39 Å². The first kappa shape index (κ1) is 9.29. The van der Waals surface area contributed by atoms with E-state index in [0.29, 0.717) is 0 Å². The highest BCUT2D eigenvalue weighted by atomic mass is 15.0. The Labute approximate surface area is 28.1 Å². The average molecular weight is 71.0 g/mol. The van der Waals surface area contributed by atoms with Crippen molar-refractivity contribution in [3.8, 4) is 0 Å². The van der Waals surface area contributed by atoms with E-state index in [2.05, 4.69) is 0 Å². The monoisotopic (exact) mass is 71.0 g/mol. The van der Waals surface area contributed by atoms with E-state index in [0.717, 1.165) is 0 Å². The van der Waals surface area contributed by atoms with Crippen LogP contribution in [0.25, 0.3) is 16.0 Å². The lowest BCUT2D eigenvalue weighted by Crippen LogP contribution is -2.11. The van der Waals surface area contributed by atoms with Crippen molar-refractivity contribution in [3.63, 3.8) is 0 Å². The van der Waals surface area contributed by atoms with Crippen molar-refractivity contribution in [2.24, 2.45) is 0 Å². The molecule has 0 atom stereocenters. The van der Waals surface area contributed by atoms with Gasteiger partial charge in [-0.3, -0.25) is 4.91 Å². The maximum absolute atomic E-state index is 6.75. The molecule has 0 aliphatic rings. The fourth-order valence-electron chi connectivity index (χ4n) is 0. The first-order chi connectivity index (χ1) is 2.41. The van der Waals surface area contributed by atoms with E-state index in [1.165, 1.54) is 4.91 Å². The maximum atomic E-state index is 6.75. The summed E-state index contributed by atoms with van der Waals surface area (Å²) in [6.07, 6.45) is 0. The standard InChI is InChI=1S/N3.N2/c1-3-2;1-2/q-1;/p+1. The Bertz CT molecular complexity index is 42.3. The minimum atomic E-state index is 1.50. The molecule has 0 aromatic heterocycles. The van der Waals surface area contributed by atoms with Gasteiger partial charge in [0.1, 0.15) is 0 Å². The third kappa shape index (κ3) is 0.902. The van der Waals surface area contributed by atoms with Gasteiger partial charge in [0.15, 0.2) is 0 Å². The van der Waals surface area contributed by atoms with Crippen LogP contribution in [0, 0.1) is 5.39 Å². The highest BCUT2D eigenvalue weighted by Gasteiger charge is 0.735. The summed E-state index contributed by atoms with van der Waals surface area (Å²) >= 11 is 0. The van der Waals surface area contributed by atoms with Gasteiger partial charge in [0.05, 0.1) is 5.39 Å². The zero-order valence-corrected chi connectivity index (χ0v) is 2.29. The van der Waals surface area contributed by atoms with E-state index in [4.69, 9.17) is 21.8 Å². The maximum Gasteiger partial charge on any atom is 0.212 e. The molecule has 5 heavy (non-hydrogen) atoms. The minimum Gasteiger partial charge on any atom is -0.373 e. The summed E-state index contributed by atoms with van der Waals surface area (Å²) in [6, 6.07) is 0. The van der Waals surface area contributed by atoms with Crippen molar-refractivity contribution in [1.82, 2.24) is 0 Å². The molecule has 0 rings (SSSR count). The average Bonchev–Trinajstić information content (AvgIpc) is 1.46. The molecule has 0 radical (unpaired) electrons. The summed E-state index contributed by atoms with van der Waals surface area (Å²) in [5.74, 6) is 0. The molecule has 1 N–H and O–H groups in total. The van der Waals surface area contributed by atoms with Gasteiger partial charge in [-0.1, -0.05) is 0 Å². The lowest BCUT2D eigenvalue weighted by molar-refractivity contribution is -0.175. The molecular weight excluding hydrogens is 70.0 g/mol. The topological polar surface area (TPSA) is 106 Å². The SMILES string of the molecule is N#[NH+].[N-]=[N+]=[N-]. The molecule has 0 aliphatic heterocycles. The molecule has 0 aliphatic carbocycles. The fourth-order valence-corrected chi connectivity index (χ4v) is 0. The van der Waals surface area contributed by atoms with Crippen molar-refractivity contribution in [3.05, 3.63) is 16.0 Å². The Balaban J connectivity index is 0. The van der Waals surface area contributed by atoms with Crippen molar-refractivity contribution in [2.45, 2.75) is 0 Å². The summed E-state index contributed by atoms with van der Waals surface area (Å²) < 4.78 is 0. The number of diazo groups is 1. The summed E-state index contributed by atoms with van der Waals surface area (Å²) in [4.78, 5) is 1.50. The van der Waals surface area contributed by atoms with Gasteiger partial charge < -0.3 is 11.1 Å². The van der Waals surface area contributed by atoms with Gasteiger partial charge in [-0.15, -0.1) is 0 Å². The largest absolute Gasteiger partial charge is 0.373 e. The van der Waals surface area contributed by atoms with Crippen LogP contribution in [0.15, 0.2) is 0 Å². The molecule has 0 spiro atoms. The van der Waals surface area contributed by atoms with Gasteiger partial charge >= 0.3 is 0 Å². The predicted octanol–water partition coefficient (Wildman–Crippen LogP) is -0.855. The van der Waals surface area contributed by atoms with Crippen LogP contribution in [-0.4, -0.2) is 0 Å². The molecule has 5 heteroatoms. The summed E-state index contributed by atoms with van der Waals surface area (Å²) in [5.41, 5.74) is 13.5. The van der Waals surface area contributed by atoms with Gasteiger partial charge in [-0.2, -0.15) is 0 Å². The van der Waals surface area contributed by atoms with E-state index in [9.17, 15) is 0 Å². The third-order valence-corrected chi connectivity index (χ3v) is 0. The number of hydrogen-bond donors (Lipinski definition) is 1. The third-order valence-electron chi connectivity index (χ3n) is 0. The van der Waals surface area contributed by atoms with Crippen LogP contribution in [0.1, 0.15) is 0 Å². The van der Waals surface area contributed by atoms with Crippen LogP contribution in [0.4, 0.5) is 0 Å². The van der Waals surface area contributed by atoms with Crippen LogP contribution >= 0.6 is 0 Å². The Morgan fingerprint density at radius 1 is 1.40 bits per heavy atom. The normalized spacial score (nSPS) is 2.00. The molecule has 0 fully saturated rings. The zero-order chi connectivity index (χ0) is 4.71. The summed E-state index contributed by atoms with van der Waals surface area (Å²) in [5, 5.41) is 11.0. The number of rotatable bonds is 0. The van der Waals surface area contributed by atoms with E-state index < -0.39 is 0 Å². The minimum absolute atomic E-state index is 1.50. The smallest absolute Gasteiger partial charge is 0.212 e. The van der Waals surface area contributed by atoms with Gasteiger partial charge in [0.2, 0.25) is 5.39 Å². The molecule has 0 heterocycles. The van der Waals surface area contributed by atoms with Crippen LogP contribution < -0.4 is 5.39 Å². The van der Waals surface area contributed by atoms with Crippen molar-refractivity contribution in [2.75, 3.05) is 0 Å². The lowest BCUT2D eigenvalue weighted by Gasteiger charge is -1.31. The first-order valence-corrected chi connectivity index (χ1v) is 0.624. The van der Waals surface area contributed by atoms with E-state index in [-0.39, 0.29) is 0 Å². The van der Waals surface area contributed by atoms with Crippen LogP contribution in [0.3, 0.4) is 0 Å². The number of nitrogens with zero attached hydrogens (tertiary/aromatic N) is 4. The zero-order valence-electron chi connectivity index (χ0n) is 2.29. The van der Waals surface area contributed by atoms with Crippen molar-refractivity contribution >= 4 is 0 Å². The molecule has 0 saturated carbocycles. The van der Waals surface area contributed by atoms with Crippen LogP contribution in [0.5, 0.6) is 0 Å². The molecule has 0 unspecified atom stereocenters. The van der Waals surface area contributed by atoms with Crippen molar-refractivity contribution in [1.29, 1.82) is 5.39 Å². The molecule has 0 amide bonds. The van der Waals surface area contributed by atoms with E-state index in [1.54, 1.807) is 0 Å². The molecule has 0 aromatic rings. The molecule has 0 aromatic carbocycles. The number of nitrogens with one attached hydrogen (secondary N) is 1. The highest BCUT2D eigenvalue weighted by Crippen LogP contribution is 1.29. The quantitative estimate of drug-likeness (QED) is 0.171. The molecule has 5 nitrogen and oxygen atoms in total. The predicted molar refractivity (Wildman–Crippen MR) is 12.8 cm³/mol. The second kappa shape index (κ2) is 112. The summed E-state index contributed by atoms with van der Waals surface area (Å²) in [7, 11) is 0. The van der Waals surface area contributed by atoms with Crippen LogP contribution in [0.2, 0.25) is 0 Å². The van der Waals surface area contributed by atoms with Gasteiger partial charge in [-0.05, 0) is 0 Å². The lowest BCUT2D eigenvalue weighted by atomic mass is 13.0. The Morgan fingerprint density at radius 2 is 1.40 bits per heavy atom. The second-order valence-corrected chi connectivity index (χ2v) is 0.0894.